The van der Waals surface area contributed by atoms with Gasteiger partial charge in [0.25, 0.3) is 0 Å². The van der Waals surface area contributed by atoms with Crippen LogP contribution in [0.1, 0.15) is 32.3 Å². The highest BCUT2D eigenvalue weighted by Crippen LogP contribution is 2.19. The van der Waals surface area contributed by atoms with Crippen LogP contribution in [0.5, 0.6) is 0 Å². The Labute approximate surface area is 201 Å². The molecule has 2 aromatic rings. The molecule has 184 valence electrons. The lowest BCUT2D eigenvalue weighted by molar-refractivity contribution is -0.143. The summed E-state index contributed by atoms with van der Waals surface area (Å²) in [5.41, 5.74) is 0.950. The predicted octanol–water partition coefficient (Wildman–Crippen LogP) is 2.31. The van der Waals surface area contributed by atoms with Crippen molar-refractivity contribution in [1.29, 1.82) is 0 Å². The molecular weight excluding hydrogens is 454 g/mol. The van der Waals surface area contributed by atoms with Crippen molar-refractivity contribution in [2.24, 2.45) is 5.92 Å². The standard InChI is InChI=1S/C25H33N3O5S/c1-19(2)24(25(30)26-16-20-10-5-3-6-11-20)28(18-21-12-9-15-33-21)23(29)17-27-34(31,32)22-13-7-4-8-14-22/h3-8,10-11,13-14,19,21,24,27H,9,12,15-18H2,1-2H3,(H,26,30)/t21-,24+/m0/s1. The Hall–Kier alpha value is -2.75. The quantitative estimate of drug-likeness (QED) is 0.506. The molecule has 9 heteroatoms. The average Bonchev–Trinajstić information content (AvgIpc) is 3.35. The molecule has 2 amide bonds. The molecule has 1 saturated heterocycles. The first kappa shape index (κ1) is 25.9. The molecule has 0 spiro atoms. The van der Waals surface area contributed by atoms with Crippen molar-refractivity contribution in [2.45, 2.75) is 50.3 Å². The maximum absolute atomic E-state index is 13.3. The van der Waals surface area contributed by atoms with E-state index in [1.54, 1.807) is 18.2 Å². The third-order valence-corrected chi connectivity index (χ3v) is 7.17. The van der Waals surface area contributed by atoms with Crippen LogP contribution in [0.15, 0.2) is 65.6 Å². The van der Waals surface area contributed by atoms with Crippen molar-refractivity contribution in [3.05, 3.63) is 66.2 Å². The number of nitrogens with zero attached hydrogens (tertiary/aromatic N) is 1. The smallest absolute Gasteiger partial charge is 0.243 e. The van der Waals surface area contributed by atoms with Crippen LogP contribution in [0, 0.1) is 5.92 Å². The Morgan fingerprint density at radius 1 is 1.06 bits per heavy atom. The first-order valence-electron chi connectivity index (χ1n) is 11.6. The van der Waals surface area contributed by atoms with E-state index in [0.717, 1.165) is 18.4 Å². The summed E-state index contributed by atoms with van der Waals surface area (Å²) in [6.07, 6.45) is 1.49. The lowest BCUT2D eigenvalue weighted by Gasteiger charge is -2.35. The zero-order valence-corrected chi connectivity index (χ0v) is 20.5. The lowest BCUT2D eigenvalue weighted by Crippen LogP contribution is -2.56. The van der Waals surface area contributed by atoms with Crippen molar-refractivity contribution >= 4 is 21.8 Å². The van der Waals surface area contributed by atoms with E-state index < -0.39 is 28.5 Å². The van der Waals surface area contributed by atoms with Crippen molar-refractivity contribution in [3.63, 3.8) is 0 Å². The molecule has 1 aliphatic rings. The van der Waals surface area contributed by atoms with E-state index in [1.165, 1.54) is 17.0 Å². The third-order valence-electron chi connectivity index (χ3n) is 5.76. The maximum Gasteiger partial charge on any atom is 0.243 e. The number of nitrogens with one attached hydrogen (secondary N) is 2. The van der Waals surface area contributed by atoms with Crippen LogP contribution in [-0.4, -0.2) is 57.0 Å². The minimum atomic E-state index is -3.86. The summed E-state index contributed by atoms with van der Waals surface area (Å²) in [4.78, 5) is 28.1. The second-order valence-corrected chi connectivity index (χ2v) is 10.5. The molecule has 2 atom stereocenters. The molecule has 1 fully saturated rings. The Morgan fingerprint density at radius 3 is 2.29 bits per heavy atom. The van der Waals surface area contributed by atoms with Gasteiger partial charge in [-0.15, -0.1) is 0 Å². The van der Waals surface area contributed by atoms with Crippen LogP contribution >= 0.6 is 0 Å². The van der Waals surface area contributed by atoms with Crippen LogP contribution in [0.4, 0.5) is 0 Å². The summed E-state index contributed by atoms with van der Waals surface area (Å²) < 4.78 is 33.3. The van der Waals surface area contributed by atoms with Crippen LogP contribution < -0.4 is 10.0 Å². The largest absolute Gasteiger partial charge is 0.376 e. The Balaban J connectivity index is 1.74. The molecule has 34 heavy (non-hydrogen) atoms. The molecular formula is C25H33N3O5S. The number of carbonyl (C=O) groups is 2. The highest BCUT2D eigenvalue weighted by atomic mass is 32.2. The molecule has 1 heterocycles. The number of sulfonamides is 1. The van der Waals surface area contributed by atoms with Gasteiger partial charge in [-0.1, -0.05) is 62.4 Å². The third kappa shape index (κ3) is 7.12. The lowest BCUT2D eigenvalue weighted by atomic mass is 10.00. The van der Waals surface area contributed by atoms with Gasteiger partial charge in [0, 0.05) is 19.7 Å². The highest BCUT2D eigenvalue weighted by molar-refractivity contribution is 7.89. The zero-order chi connectivity index (χ0) is 24.6. The second kappa shape index (κ2) is 12.1. The normalized spacial score (nSPS) is 16.9. The van der Waals surface area contributed by atoms with Gasteiger partial charge in [0.05, 0.1) is 17.5 Å². The molecule has 0 aliphatic carbocycles. The molecule has 2 N–H and O–H groups in total. The first-order chi connectivity index (χ1) is 16.3. The minimum absolute atomic E-state index is 0.0782. The molecule has 0 saturated carbocycles. The highest BCUT2D eigenvalue weighted by Gasteiger charge is 2.35. The summed E-state index contributed by atoms with van der Waals surface area (Å²) >= 11 is 0. The summed E-state index contributed by atoms with van der Waals surface area (Å²) in [6, 6.07) is 16.6. The van der Waals surface area contributed by atoms with Gasteiger partial charge in [0.1, 0.15) is 6.04 Å². The van der Waals surface area contributed by atoms with E-state index in [4.69, 9.17) is 4.74 Å². The molecule has 2 aromatic carbocycles. The topological polar surface area (TPSA) is 105 Å². The van der Waals surface area contributed by atoms with Gasteiger partial charge >= 0.3 is 0 Å². The van der Waals surface area contributed by atoms with Gasteiger partial charge < -0.3 is 15.0 Å². The molecule has 3 rings (SSSR count). The molecule has 0 unspecified atom stereocenters. The number of rotatable bonds is 11. The first-order valence-corrected chi connectivity index (χ1v) is 13.0. The number of hydrogen-bond acceptors (Lipinski definition) is 5. The molecule has 0 aromatic heterocycles. The zero-order valence-electron chi connectivity index (χ0n) is 19.6. The summed E-state index contributed by atoms with van der Waals surface area (Å²) in [5, 5.41) is 2.93. The van der Waals surface area contributed by atoms with Crippen molar-refractivity contribution in [3.8, 4) is 0 Å². The Morgan fingerprint density at radius 2 is 1.71 bits per heavy atom. The number of hydrogen-bond donors (Lipinski definition) is 2. The second-order valence-electron chi connectivity index (χ2n) is 8.71. The van der Waals surface area contributed by atoms with Crippen LogP contribution in [0.2, 0.25) is 0 Å². The number of amides is 2. The molecule has 1 aliphatic heterocycles. The van der Waals surface area contributed by atoms with E-state index in [-0.39, 0.29) is 29.4 Å². The van der Waals surface area contributed by atoms with E-state index in [0.29, 0.717) is 13.2 Å². The summed E-state index contributed by atoms with van der Waals surface area (Å²) in [7, 11) is -3.86. The fourth-order valence-corrected chi connectivity index (χ4v) is 5.01. The van der Waals surface area contributed by atoms with Gasteiger partial charge in [-0.3, -0.25) is 9.59 Å². The fraction of sp³-hybridized carbons (Fsp3) is 0.440. The monoisotopic (exact) mass is 487 g/mol. The van der Waals surface area contributed by atoms with Crippen LogP contribution in [0.25, 0.3) is 0 Å². The number of carbonyl (C=O) groups excluding carboxylic acids is 2. The average molecular weight is 488 g/mol. The molecule has 8 nitrogen and oxygen atoms in total. The predicted molar refractivity (Wildman–Crippen MR) is 129 cm³/mol. The SMILES string of the molecule is CC(C)[C@H](C(=O)NCc1ccccc1)N(C[C@@H]1CCCO1)C(=O)CNS(=O)(=O)c1ccccc1. The van der Waals surface area contributed by atoms with E-state index >= 15 is 0 Å². The van der Waals surface area contributed by atoms with E-state index in [9.17, 15) is 18.0 Å². The van der Waals surface area contributed by atoms with Gasteiger partial charge in [0.2, 0.25) is 21.8 Å². The van der Waals surface area contributed by atoms with Crippen LogP contribution in [0.3, 0.4) is 0 Å². The van der Waals surface area contributed by atoms with Gasteiger partial charge in [-0.2, -0.15) is 0 Å². The number of benzene rings is 2. The van der Waals surface area contributed by atoms with Gasteiger partial charge in [-0.25, -0.2) is 13.1 Å². The minimum Gasteiger partial charge on any atom is -0.376 e. The molecule has 0 bridgehead atoms. The van der Waals surface area contributed by atoms with Crippen LogP contribution in [-0.2, 0) is 30.9 Å². The maximum atomic E-state index is 13.3. The summed E-state index contributed by atoms with van der Waals surface area (Å²) in [6.45, 7) is 4.48. The van der Waals surface area contributed by atoms with Crippen molar-refractivity contribution in [1.82, 2.24) is 14.9 Å². The van der Waals surface area contributed by atoms with Gasteiger partial charge in [0.15, 0.2) is 0 Å². The summed E-state index contributed by atoms with van der Waals surface area (Å²) in [5.74, 6) is -0.938. The van der Waals surface area contributed by atoms with E-state index in [1.807, 2.05) is 44.2 Å². The number of ether oxygens (including phenoxy) is 1. The van der Waals surface area contributed by atoms with Crippen molar-refractivity contribution < 1.29 is 22.7 Å². The Kier molecular flexibility index (Phi) is 9.20. The Bertz CT molecular complexity index is 1040. The van der Waals surface area contributed by atoms with Gasteiger partial charge in [-0.05, 0) is 36.5 Å². The van der Waals surface area contributed by atoms with E-state index in [2.05, 4.69) is 10.0 Å². The van der Waals surface area contributed by atoms with Crippen molar-refractivity contribution in [2.75, 3.05) is 19.7 Å². The molecule has 0 radical (unpaired) electrons. The fourth-order valence-electron chi connectivity index (χ4n) is 4.01.